The Morgan fingerprint density at radius 2 is 2.24 bits per heavy atom. The maximum atomic E-state index is 13.5. The first-order valence-corrected chi connectivity index (χ1v) is 6.69. The number of halogens is 2. The first-order chi connectivity index (χ1) is 7.91. The van der Waals surface area contributed by atoms with E-state index >= 15 is 0 Å². The van der Waals surface area contributed by atoms with Crippen LogP contribution < -0.4 is 0 Å². The molecule has 0 amide bonds. The number of carboxylic acids is 1. The molecule has 1 aromatic rings. The molecular weight excluding hydrogens is 267 g/mol. The third-order valence-corrected chi connectivity index (χ3v) is 4.19. The fourth-order valence-corrected chi connectivity index (χ4v) is 2.63. The van der Waals surface area contributed by atoms with Gasteiger partial charge in [0.15, 0.2) is 0 Å². The second kappa shape index (κ2) is 6.12. The summed E-state index contributed by atoms with van der Waals surface area (Å²) in [7, 11) is -1.43. The van der Waals surface area contributed by atoms with Crippen molar-refractivity contribution in [3.05, 3.63) is 34.6 Å². The van der Waals surface area contributed by atoms with Crippen LogP contribution in [-0.2, 0) is 21.3 Å². The highest BCUT2D eigenvalue weighted by Crippen LogP contribution is 2.20. The molecule has 6 heteroatoms. The molecule has 0 radical (unpaired) electrons. The molecule has 0 spiro atoms. The van der Waals surface area contributed by atoms with Crippen molar-refractivity contribution in [2.75, 3.05) is 0 Å². The molecule has 0 aliphatic carbocycles. The van der Waals surface area contributed by atoms with Crippen LogP contribution in [0.4, 0.5) is 4.39 Å². The van der Waals surface area contributed by atoms with Gasteiger partial charge in [0.25, 0.3) is 0 Å². The summed E-state index contributed by atoms with van der Waals surface area (Å²) < 4.78 is 25.3. The lowest BCUT2D eigenvalue weighted by atomic mass is 10.2. The smallest absolute Gasteiger partial charge is 0.304 e. The van der Waals surface area contributed by atoms with E-state index in [4.69, 9.17) is 16.7 Å². The van der Waals surface area contributed by atoms with Crippen molar-refractivity contribution >= 4 is 28.4 Å². The lowest BCUT2D eigenvalue weighted by molar-refractivity contribution is -0.136. The normalized spacial score (nSPS) is 14.3. The van der Waals surface area contributed by atoms with E-state index in [1.807, 2.05) is 0 Å². The van der Waals surface area contributed by atoms with Crippen molar-refractivity contribution in [1.82, 2.24) is 0 Å². The molecule has 2 atom stereocenters. The lowest BCUT2D eigenvalue weighted by Gasteiger charge is -2.09. The Bertz CT molecular complexity index is 450. The van der Waals surface area contributed by atoms with Crippen molar-refractivity contribution in [3.8, 4) is 0 Å². The molecule has 17 heavy (non-hydrogen) atoms. The van der Waals surface area contributed by atoms with E-state index < -0.39 is 27.8 Å². The lowest BCUT2D eigenvalue weighted by Crippen LogP contribution is -2.17. The first-order valence-electron chi connectivity index (χ1n) is 4.93. The summed E-state index contributed by atoms with van der Waals surface area (Å²) in [5.74, 6) is -1.64. The molecule has 0 bridgehead atoms. The van der Waals surface area contributed by atoms with Gasteiger partial charge in [-0.15, -0.1) is 0 Å². The van der Waals surface area contributed by atoms with Gasteiger partial charge < -0.3 is 5.11 Å². The Balaban J connectivity index is 2.74. The van der Waals surface area contributed by atoms with Gasteiger partial charge in [-0.25, -0.2) is 4.39 Å². The van der Waals surface area contributed by atoms with Crippen LogP contribution in [0.3, 0.4) is 0 Å². The fourth-order valence-electron chi connectivity index (χ4n) is 1.29. The Kier molecular flexibility index (Phi) is 5.08. The van der Waals surface area contributed by atoms with Gasteiger partial charge in [0, 0.05) is 21.6 Å². The van der Waals surface area contributed by atoms with Crippen molar-refractivity contribution in [2.45, 2.75) is 24.3 Å². The van der Waals surface area contributed by atoms with Gasteiger partial charge in [-0.05, 0) is 6.07 Å². The molecule has 94 valence electrons. The van der Waals surface area contributed by atoms with Gasteiger partial charge in [0.05, 0.1) is 17.2 Å². The number of aliphatic carboxylic acids is 1. The van der Waals surface area contributed by atoms with Crippen LogP contribution in [-0.4, -0.2) is 20.5 Å². The molecule has 0 saturated carbocycles. The van der Waals surface area contributed by atoms with E-state index in [9.17, 15) is 13.4 Å². The van der Waals surface area contributed by atoms with Crippen LogP contribution >= 0.6 is 11.6 Å². The number of carbonyl (C=O) groups is 1. The van der Waals surface area contributed by atoms with Crippen LogP contribution in [0.25, 0.3) is 0 Å². The predicted octanol–water partition coefficient (Wildman–Crippen LogP) is 2.59. The number of hydrogen-bond acceptors (Lipinski definition) is 2. The van der Waals surface area contributed by atoms with Crippen LogP contribution in [0, 0.1) is 5.82 Å². The third kappa shape index (κ3) is 4.09. The topological polar surface area (TPSA) is 54.4 Å². The van der Waals surface area contributed by atoms with Crippen molar-refractivity contribution in [1.29, 1.82) is 0 Å². The van der Waals surface area contributed by atoms with E-state index in [0.717, 1.165) is 0 Å². The minimum atomic E-state index is -1.43. The highest BCUT2D eigenvalue weighted by Gasteiger charge is 2.17. The maximum Gasteiger partial charge on any atom is 0.304 e. The van der Waals surface area contributed by atoms with Crippen LogP contribution in [0.5, 0.6) is 0 Å². The minimum absolute atomic E-state index is 0.0228. The zero-order chi connectivity index (χ0) is 13.0. The van der Waals surface area contributed by atoms with Crippen molar-refractivity contribution < 1.29 is 18.5 Å². The Morgan fingerprint density at radius 1 is 1.59 bits per heavy atom. The molecule has 0 aromatic heterocycles. The molecule has 1 aromatic carbocycles. The van der Waals surface area contributed by atoms with Gasteiger partial charge in [-0.3, -0.25) is 9.00 Å². The average Bonchev–Trinajstić information content (AvgIpc) is 2.23. The quantitative estimate of drug-likeness (QED) is 0.901. The molecular formula is C11H12ClFO3S. The monoisotopic (exact) mass is 278 g/mol. The largest absolute Gasteiger partial charge is 0.481 e. The standard InChI is InChI=1S/C11H12ClFO3S/c1-7(5-10(14)15)17(16)6-8-3-2-4-9(12)11(8)13/h2-4,7H,5-6H2,1H3,(H,14,15). The molecule has 0 heterocycles. The highest BCUT2D eigenvalue weighted by atomic mass is 35.5. The highest BCUT2D eigenvalue weighted by molar-refractivity contribution is 7.84. The summed E-state index contributed by atoms with van der Waals surface area (Å²) in [6.07, 6.45) is -0.200. The fraction of sp³-hybridized carbons (Fsp3) is 0.364. The maximum absolute atomic E-state index is 13.5. The molecule has 2 unspecified atom stereocenters. The van der Waals surface area contributed by atoms with Crippen LogP contribution in [0.1, 0.15) is 18.9 Å². The molecule has 1 N–H and O–H groups in total. The van der Waals surface area contributed by atoms with Gasteiger partial charge in [-0.1, -0.05) is 30.7 Å². The second-order valence-corrected chi connectivity index (χ2v) is 5.91. The van der Waals surface area contributed by atoms with Crippen molar-refractivity contribution in [2.24, 2.45) is 0 Å². The number of rotatable bonds is 5. The third-order valence-electron chi connectivity index (χ3n) is 2.24. The van der Waals surface area contributed by atoms with Crippen molar-refractivity contribution in [3.63, 3.8) is 0 Å². The van der Waals surface area contributed by atoms with Gasteiger partial charge >= 0.3 is 5.97 Å². The predicted molar refractivity (Wildman–Crippen MR) is 65.0 cm³/mol. The number of hydrogen-bond donors (Lipinski definition) is 1. The molecule has 0 aliphatic heterocycles. The average molecular weight is 279 g/mol. The summed E-state index contributed by atoms with van der Waals surface area (Å²) in [6.45, 7) is 1.56. The molecule has 0 aliphatic rings. The summed E-state index contributed by atoms with van der Waals surface area (Å²) in [5.41, 5.74) is 0.244. The van der Waals surface area contributed by atoms with E-state index in [-0.39, 0.29) is 22.8 Å². The zero-order valence-corrected chi connectivity index (χ0v) is 10.7. The Hall–Kier alpha value is -0.940. The van der Waals surface area contributed by atoms with E-state index in [1.54, 1.807) is 13.0 Å². The summed E-state index contributed by atoms with van der Waals surface area (Å²) in [5, 5.41) is 8.02. The molecule has 0 saturated heterocycles. The van der Waals surface area contributed by atoms with Gasteiger partial charge in [0.2, 0.25) is 0 Å². The molecule has 0 fully saturated rings. The first kappa shape index (κ1) is 14.1. The van der Waals surface area contributed by atoms with E-state index in [1.165, 1.54) is 12.1 Å². The van der Waals surface area contributed by atoms with Crippen LogP contribution in [0.15, 0.2) is 18.2 Å². The second-order valence-electron chi connectivity index (χ2n) is 3.65. The number of benzene rings is 1. The SMILES string of the molecule is CC(CC(=O)O)S(=O)Cc1cccc(Cl)c1F. The van der Waals surface area contributed by atoms with Crippen LogP contribution in [0.2, 0.25) is 5.02 Å². The zero-order valence-electron chi connectivity index (χ0n) is 9.15. The summed E-state index contributed by atoms with van der Waals surface area (Å²) in [4.78, 5) is 10.5. The van der Waals surface area contributed by atoms with E-state index in [2.05, 4.69) is 0 Å². The van der Waals surface area contributed by atoms with Gasteiger partial charge in [-0.2, -0.15) is 0 Å². The van der Waals surface area contributed by atoms with Gasteiger partial charge in [0.1, 0.15) is 5.82 Å². The molecule has 3 nitrogen and oxygen atoms in total. The minimum Gasteiger partial charge on any atom is -0.481 e. The Morgan fingerprint density at radius 3 is 2.82 bits per heavy atom. The number of carboxylic acid groups (broad SMARTS) is 1. The molecule has 1 rings (SSSR count). The Labute approximate surface area is 106 Å². The van der Waals surface area contributed by atoms with E-state index in [0.29, 0.717) is 0 Å². The summed E-state index contributed by atoms with van der Waals surface area (Å²) >= 11 is 5.59. The summed E-state index contributed by atoms with van der Waals surface area (Å²) in [6, 6.07) is 4.47.